The van der Waals surface area contributed by atoms with Crippen molar-refractivity contribution in [3.8, 4) is 0 Å². The van der Waals surface area contributed by atoms with Crippen LogP contribution in [-0.2, 0) is 31.9 Å². The number of nitrogens with one attached hydrogen (secondary N) is 1. The Labute approximate surface area is 183 Å². The van der Waals surface area contributed by atoms with Crippen LogP contribution in [0.1, 0.15) is 39.7 Å². The number of rotatable bonds is 8. The van der Waals surface area contributed by atoms with E-state index in [4.69, 9.17) is 9.47 Å². The van der Waals surface area contributed by atoms with E-state index in [2.05, 4.69) is 5.32 Å². The minimum Gasteiger partial charge on any atom is -0.462 e. The summed E-state index contributed by atoms with van der Waals surface area (Å²) in [4.78, 5) is 38.7. The fourth-order valence-corrected chi connectivity index (χ4v) is 4.84. The largest absolute Gasteiger partial charge is 0.462 e. The van der Waals surface area contributed by atoms with Crippen LogP contribution in [-0.4, -0.2) is 37.3 Å². The molecule has 1 amide bonds. The molecule has 1 heterocycles. The number of fused-ring (bicyclic) bond motifs is 1. The summed E-state index contributed by atoms with van der Waals surface area (Å²) in [7, 11) is 0. The maximum absolute atomic E-state index is 12.3. The molecular formula is C22H23NO5S2. The van der Waals surface area contributed by atoms with E-state index in [1.807, 2.05) is 30.5 Å². The van der Waals surface area contributed by atoms with Gasteiger partial charge in [0.15, 0.2) is 6.61 Å². The van der Waals surface area contributed by atoms with Crippen molar-refractivity contribution in [2.75, 3.05) is 24.8 Å². The number of hydrogen-bond acceptors (Lipinski definition) is 7. The standard InChI is InChI=1S/C22H23NO5S2/c1-3-27-22(26)20-16-5-4-6-17(16)30-21(20)23-18(24)13-28-19(25)12-9-14-7-10-15(29-2)11-8-14/h7-12H,3-6,13H2,1-2H3,(H,23,24). The molecule has 0 aliphatic heterocycles. The van der Waals surface area contributed by atoms with Gasteiger partial charge in [0.25, 0.3) is 5.91 Å². The minimum atomic E-state index is -0.613. The Hall–Kier alpha value is -2.58. The summed E-state index contributed by atoms with van der Waals surface area (Å²) < 4.78 is 10.2. The van der Waals surface area contributed by atoms with E-state index >= 15 is 0 Å². The van der Waals surface area contributed by atoms with Crippen LogP contribution >= 0.6 is 23.1 Å². The molecular weight excluding hydrogens is 422 g/mol. The number of carbonyl (C=O) groups is 3. The van der Waals surface area contributed by atoms with Crippen molar-refractivity contribution >= 4 is 52.0 Å². The Morgan fingerprint density at radius 3 is 2.63 bits per heavy atom. The Morgan fingerprint density at radius 2 is 1.93 bits per heavy atom. The summed E-state index contributed by atoms with van der Waals surface area (Å²) in [5, 5.41) is 3.16. The second kappa shape index (κ2) is 10.4. The first kappa shape index (κ1) is 22.1. The molecule has 1 aromatic carbocycles. The van der Waals surface area contributed by atoms with Gasteiger partial charge in [-0.25, -0.2) is 9.59 Å². The smallest absolute Gasteiger partial charge is 0.341 e. The number of benzene rings is 1. The molecule has 0 atom stereocenters. The van der Waals surface area contributed by atoms with Gasteiger partial charge in [-0.05, 0) is 61.8 Å². The highest BCUT2D eigenvalue weighted by atomic mass is 32.2. The number of thioether (sulfide) groups is 1. The Balaban J connectivity index is 1.56. The average molecular weight is 446 g/mol. The zero-order chi connectivity index (χ0) is 21.5. The molecule has 6 nitrogen and oxygen atoms in total. The van der Waals surface area contributed by atoms with E-state index in [9.17, 15) is 14.4 Å². The Kier molecular flexibility index (Phi) is 7.70. The van der Waals surface area contributed by atoms with Crippen molar-refractivity contribution < 1.29 is 23.9 Å². The molecule has 0 radical (unpaired) electrons. The molecule has 2 aromatic rings. The molecule has 0 fully saturated rings. The molecule has 0 saturated heterocycles. The van der Waals surface area contributed by atoms with Crippen molar-refractivity contribution in [2.45, 2.75) is 31.1 Å². The number of thiophene rings is 1. The molecule has 0 saturated carbocycles. The number of anilines is 1. The van der Waals surface area contributed by atoms with E-state index in [0.717, 1.165) is 40.2 Å². The topological polar surface area (TPSA) is 81.7 Å². The summed E-state index contributed by atoms with van der Waals surface area (Å²) in [5.74, 6) is -1.54. The molecule has 1 aliphatic rings. The third-order valence-corrected chi connectivity index (χ3v) is 6.48. The van der Waals surface area contributed by atoms with Crippen LogP contribution in [0.2, 0.25) is 0 Å². The SMILES string of the molecule is CCOC(=O)c1c(NC(=O)COC(=O)C=Cc2ccc(SC)cc2)sc2c1CCC2. The predicted molar refractivity (Wildman–Crippen MR) is 119 cm³/mol. The Morgan fingerprint density at radius 1 is 1.17 bits per heavy atom. The number of aryl methyl sites for hydroxylation is 1. The number of hydrogen-bond donors (Lipinski definition) is 1. The van der Waals surface area contributed by atoms with Gasteiger partial charge in [0.1, 0.15) is 5.00 Å². The third kappa shape index (κ3) is 5.52. The molecule has 0 unspecified atom stereocenters. The number of amides is 1. The van der Waals surface area contributed by atoms with Crippen molar-refractivity contribution in [1.82, 2.24) is 0 Å². The first-order valence-corrected chi connectivity index (χ1v) is 11.7. The lowest BCUT2D eigenvalue weighted by Gasteiger charge is -2.08. The lowest BCUT2D eigenvalue weighted by atomic mass is 10.1. The van der Waals surface area contributed by atoms with Gasteiger partial charge in [-0.15, -0.1) is 23.1 Å². The fraction of sp³-hybridized carbons (Fsp3) is 0.318. The van der Waals surface area contributed by atoms with Gasteiger partial charge in [-0.1, -0.05) is 12.1 Å². The third-order valence-electron chi connectivity index (χ3n) is 4.53. The van der Waals surface area contributed by atoms with Crippen molar-refractivity contribution in [3.63, 3.8) is 0 Å². The molecule has 158 valence electrons. The first-order valence-electron chi connectivity index (χ1n) is 9.62. The van der Waals surface area contributed by atoms with Gasteiger partial charge in [-0.2, -0.15) is 0 Å². The maximum Gasteiger partial charge on any atom is 0.341 e. The molecule has 8 heteroatoms. The monoisotopic (exact) mass is 445 g/mol. The normalized spacial score (nSPS) is 12.6. The highest BCUT2D eigenvalue weighted by molar-refractivity contribution is 7.98. The summed E-state index contributed by atoms with van der Waals surface area (Å²) in [5.41, 5.74) is 2.25. The van der Waals surface area contributed by atoms with E-state index < -0.39 is 24.5 Å². The van der Waals surface area contributed by atoms with Crippen LogP contribution in [0, 0.1) is 0 Å². The van der Waals surface area contributed by atoms with Crippen molar-refractivity contribution in [1.29, 1.82) is 0 Å². The number of carbonyl (C=O) groups excluding carboxylic acids is 3. The van der Waals surface area contributed by atoms with Gasteiger partial charge in [0.05, 0.1) is 12.2 Å². The lowest BCUT2D eigenvalue weighted by Crippen LogP contribution is -2.21. The average Bonchev–Trinajstić information content (AvgIpc) is 3.32. The summed E-state index contributed by atoms with van der Waals surface area (Å²) >= 11 is 3.03. The van der Waals surface area contributed by atoms with Crippen molar-refractivity contribution in [2.24, 2.45) is 0 Å². The van der Waals surface area contributed by atoms with E-state index in [1.165, 1.54) is 17.4 Å². The molecule has 3 rings (SSSR count). The lowest BCUT2D eigenvalue weighted by molar-refractivity contribution is -0.142. The van der Waals surface area contributed by atoms with E-state index in [-0.39, 0.29) is 6.61 Å². The molecule has 1 N–H and O–H groups in total. The second-order valence-corrected chi connectivity index (χ2v) is 8.53. The van der Waals surface area contributed by atoms with Crippen LogP contribution in [0.15, 0.2) is 35.2 Å². The molecule has 1 aromatic heterocycles. The first-order chi connectivity index (χ1) is 14.5. The summed E-state index contributed by atoms with van der Waals surface area (Å²) in [6.45, 7) is 1.58. The van der Waals surface area contributed by atoms with Crippen molar-refractivity contribution in [3.05, 3.63) is 51.9 Å². The van der Waals surface area contributed by atoms with Gasteiger partial charge in [-0.3, -0.25) is 4.79 Å². The molecule has 0 bridgehead atoms. The molecule has 30 heavy (non-hydrogen) atoms. The maximum atomic E-state index is 12.3. The number of ether oxygens (including phenoxy) is 2. The zero-order valence-corrected chi connectivity index (χ0v) is 18.5. The summed E-state index contributed by atoms with van der Waals surface area (Å²) in [6.07, 6.45) is 7.59. The highest BCUT2D eigenvalue weighted by Crippen LogP contribution is 2.39. The van der Waals surface area contributed by atoms with Crippen LogP contribution in [0.4, 0.5) is 5.00 Å². The van der Waals surface area contributed by atoms with Gasteiger partial charge in [0.2, 0.25) is 0 Å². The van der Waals surface area contributed by atoms with Crippen LogP contribution in [0.5, 0.6) is 0 Å². The quantitative estimate of drug-likeness (QED) is 0.370. The van der Waals surface area contributed by atoms with Crippen LogP contribution in [0.25, 0.3) is 6.08 Å². The summed E-state index contributed by atoms with van der Waals surface area (Å²) in [6, 6.07) is 7.72. The fourth-order valence-electron chi connectivity index (χ4n) is 3.14. The molecule has 1 aliphatic carbocycles. The van der Waals surface area contributed by atoms with Gasteiger partial charge >= 0.3 is 11.9 Å². The van der Waals surface area contributed by atoms with E-state index in [1.54, 1.807) is 24.8 Å². The molecule has 0 spiro atoms. The predicted octanol–water partition coefficient (Wildman–Crippen LogP) is 4.33. The van der Waals surface area contributed by atoms with E-state index in [0.29, 0.717) is 10.6 Å². The van der Waals surface area contributed by atoms with Gasteiger partial charge in [0, 0.05) is 15.8 Å². The van der Waals surface area contributed by atoms with Crippen LogP contribution in [0.3, 0.4) is 0 Å². The number of esters is 2. The highest BCUT2D eigenvalue weighted by Gasteiger charge is 2.28. The van der Waals surface area contributed by atoms with Crippen LogP contribution < -0.4 is 5.32 Å². The Bertz CT molecular complexity index is 963. The minimum absolute atomic E-state index is 0.265. The zero-order valence-electron chi connectivity index (χ0n) is 16.9. The second-order valence-electron chi connectivity index (χ2n) is 6.54. The van der Waals surface area contributed by atoms with Gasteiger partial charge < -0.3 is 14.8 Å².